The monoisotopic (exact) mass is 244 g/mol. The van der Waals surface area contributed by atoms with Gasteiger partial charge < -0.3 is 0 Å². The first-order valence-corrected chi connectivity index (χ1v) is 6.07. The fourth-order valence-electron chi connectivity index (χ4n) is 1.14. The number of unbranched alkanes of at least 4 members (excludes halogenated alkanes) is 2. The van der Waals surface area contributed by atoms with E-state index in [2.05, 4.69) is 21.0 Å². The molecule has 0 aliphatic carbocycles. The van der Waals surface area contributed by atoms with Crippen molar-refractivity contribution in [2.24, 2.45) is 12.9 Å². The summed E-state index contributed by atoms with van der Waals surface area (Å²) in [6.07, 6.45) is 3.40. The first kappa shape index (κ1) is 12.9. The maximum absolute atomic E-state index is 10.8. The van der Waals surface area contributed by atoms with Gasteiger partial charge in [0, 0.05) is 19.2 Å². The van der Waals surface area contributed by atoms with Crippen molar-refractivity contribution < 1.29 is 4.79 Å². The van der Waals surface area contributed by atoms with Crippen LogP contribution >= 0.6 is 11.8 Å². The Bertz CT molecular complexity index is 328. The van der Waals surface area contributed by atoms with Crippen molar-refractivity contribution in [3.63, 3.8) is 0 Å². The molecule has 8 heteroatoms. The number of tetrazole rings is 1. The quantitative estimate of drug-likeness (QED) is 0.227. The largest absolute Gasteiger partial charge is 0.294 e. The lowest BCUT2D eigenvalue weighted by Crippen LogP contribution is -2.29. The Kier molecular flexibility index (Phi) is 5.79. The Hall–Kier alpha value is -1.15. The van der Waals surface area contributed by atoms with Crippen molar-refractivity contribution >= 4 is 17.7 Å². The van der Waals surface area contributed by atoms with Crippen LogP contribution in [-0.2, 0) is 11.8 Å². The minimum atomic E-state index is -0.106. The second kappa shape index (κ2) is 7.18. The number of amides is 1. The summed E-state index contributed by atoms with van der Waals surface area (Å²) in [7, 11) is 1.81. The molecule has 1 aromatic heterocycles. The third-order valence-electron chi connectivity index (χ3n) is 2.02. The molecule has 0 aliphatic rings. The maximum atomic E-state index is 10.8. The summed E-state index contributed by atoms with van der Waals surface area (Å²) in [6.45, 7) is 0. The predicted octanol–water partition coefficient (Wildman–Crippen LogP) is -0.147. The Morgan fingerprint density at radius 2 is 2.31 bits per heavy atom. The first-order valence-electron chi connectivity index (χ1n) is 5.08. The van der Waals surface area contributed by atoms with E-state index in [0.29, 0.717) is 6.42 Å². The Morgan fingerprint density at radius 1 is 1.50 bits per heavy atom. The second-order valence-electron chi connectivity index (χ2n) is 3.31. The topological polar surface area (TPSA) is 98.7 Å². The van der Waals surface area contributed by atoms with E-state index in [0.717, 1.165) is 30.2 Å². The van der Waals surface area contributed by atoms with Gasteiger partial charge in [-0.3, -0.25) is 10.2 Å². The number of hydrazine groups is 1. The number of hydrogen-bond donors (Lipinski definition) is 2. The van der Waals surface area contributed by atoms with Crippen LogP contribution in [-0.4, -0.2) is 31.9 Å². The molecule has 0 aromatic carbocycles. The van der Waals surface area contributed by atoms with Crippen molar-refractivity contribution in [3.8, 4) is 0 Å². The Labute approximate surface area is 98.1 Å². The number of aromatic nitrogens is 4. The molecule has 0 saturated carbocycles. The summed E-state index contributed by atoms with van der Waals surface area (Å²) in [5, 5.41) is 12.0. The van der Waals surface area contributed by atoms with Crippen molar-refractivity contribution in [1.29, 1.82) is 0 Å². The van der Waals surface area contributed by atoms with Crippen LogP contribution < -0.4 is 11.3 Å². The lowest BCUT2D eigenvalue weighted by atomic mass is 10.2. The summed E-state index contributed by atoms with van der Waals surface area (Å²) in [5.41, 5.74) is 2.11. The molecule has 0 saturated heterocycles. The molecule has 0 fully saturated rings. The number of nitrogens with one attached hydrogen (secondary N) is 1. The molecule has 0 bridgehead atoms. The van der Waals surface area contributed by atoms with Crippen LogP contribution in [0.15, 0.2) is 5.16 Å². The molecule has 0 radical (unpaired) electrons. The number of aryl methyl sites for hydroxylation is 1. The number of nitrogens with zero attached hydrogens (tertiary/aromatic N) is 4. The predicted molar refractivity (Wildman–Crippen MR) is 60.3 cm³/mol. The molecular formula is C8H16N6OS. The number of hydrogen-bond acceptors (Lipinski definition) is 6. The molecule has 3 N–H and O–H groups in total. The molecule has 1 rings (SSSR count). The third-order valence-corrected chi connectivity index (χ3v) is 3.12. The van der Waals surface area contributed by atoms with Gasteiger partial charge in [-0.1, -0.05) is 18.2 Å². The summed E-state index contributed by atoms with van der Waals surface area (Å²) in [5.74, 6) is 5.82. The van der Waals surface area contributed by atoms with Crippen LogP contribution in [0.1, 0.15) is 25.7 Å². The number of carbonyl (C=O) groups is 1. The average Bonchev–Trinajstić information content (AvgIpc) is 2.69. The van der Waals surface area contributed by atoms with E-state index in [1.807, 2.05) is 7.05 Å². The minimum absolute atomic E-state index is 0.106. The van der Waals surface area contributed by atoms with Gasteiger partial charge in [0.1, 0.15) is 0 Å². The van der Waals surface area contributed by atoms with E-state index in [9.17, 15) is 4.79 Å². The van der Waals surface area contributed by atoms with E-state index in [1.165, 1.54) is 0 Å². The Morgan fingerprint density at radius 3 is 2.94 bits per heavy atom. The van der Waals surface area contributed by atoms with Crippen LogP contribution in [0.5, 0.6) is 0 Å². The molecule has 90 valence electrons. The first-order chi connectivity index (χ1) is 7.74. The fourth-order valence-corrected chi connectivity index (χ4v) is 1.99. The molecule has 16 heavy (non-hydrogen) atoms. The summed E-state index contributed by atoms with van der Waals surface area (Å²) < 4.78 is 1.65. The van der Waals surface area contributed by atoms with Gasteiger partial charge in [-0.15, -0.1) is 5.10 Å². The van der Waals surface area contributed by atoms with E-state index in [1.54, 1.807) is 16.4 Å². The van der Waals surface area contributed by atoms with Gasteiger partial charge in [-0.25, -0.2) is 10.5 Å². The van der Waals surface area contributed by atoms with Gasteiger partial charge in [0.2, 0.25) is 11.1 Å². The molecule has 0 atom stereocenters. The molecule has 1 aromatic rings. The van der Waals surface area contributed by atoms with E-state index in [4.69, 9.17) is 5.84 Å². The number of rotatable bonds is 7. The van der Waals surface area contributed by atoms with Crippen molar-refractivity contribution in [2.45, 2.75) is 30.8 Å². The van der Waals surface area contributed by atoms with Crippen LogP contribution in [0.3, 0.4) is 0 Å². The van der Waals surface area contributed by atoms with Gasteiger partial charge in [0.05, 0.1) is 0 Å². The smallest absolute Gasteiger partial charge is 0.233 e. The van der Waals surface area contributed by atoms with Gasteiger partial charge in [0.15, 0.2) is 0 Å². The Balaban J connectivity index is 2.00. The normalized spacial score (nSPS) is 10.4. The third kappa shape index (κ3) is 4.58. The van der Waals surface area contributed by atoms with Gasteiger partial charge in [-0.05, 0) is 23.3 Å². The number of carbonyl (C=O) groups excluding carboxylic acids is 1. The zero-order valence-corrected chi connectivity index (χ0v) is 10.0. The summed E-state index contributed by atoms with van der Waals surface area (Å²) in [6, 6.07) is 0. The lowest BCUT2D eigenvalue weighted by Gasteiger charge is -2.00. The molecule has 1 heterocycles. The van der Waals surface area contributed by atoms with Gasteiger partial charge >= 0.3 is 0 Å². The van der Waals surface area contributed by atoms with Crippen LogP contribution in [0.2, 0.25) is 0 Å². The van der Waals surface area contributed by atoms with Crippen LogP contribution in [0.4, 0.5) is 0 Å². The van der Waals surface area contributed by atoms with E-state index < -0.39 is 0 Å². The molecule has 1 amide bonds. The molecule has 0 spiro atoms. The highest BCUT2D eigenvalue weighted by Gasteiger charge is 2.02. The second-order valence-corrected chi connectivity index (χ2v) is 4.37. The standard InChI is InChI=1S/C8H16N6OS/c1-14-8(11-12-13-14)16-6-4-2-3-5-7(15)10-9/h2-6,9H2,1H3,(H,10,15). The highest BCUT2D eigenvalue weighted by atomic mass is 32.2. The van der Waals surface area contributed by atoms with Crippen molar-refractivity contribution in [3.05, 3.63) is 0 Å². The maximum Gasteiger partial charge on any atom is 0.233 e. The van der Waals surface area contributed by atoms with Crippen LogP contribution in [0.25, 0.3) is 0 Å². The highest BCUT2D eigenvalue weighted by molar-refractivity contribution is 7.99. The zero-order valence-electron chi connectivity index (χ0n) is 9.22. The SMILES string of the molecule is Cn1nnnc1SCCCCCC(=O)NN. The van der Waals surface area contributed by atoms with E-state index >= 15 is 0 Å². The lowest BCUT2D eigenvalue weighted by molar-refractivity contribution is -0.121. The molecule has 0 aliphatic heterocycles. The molecule has 7 nitrogen and oxygen atoms in total. The number of thioether (sulfide) groups is 1. The van der Waals surface area contributed by atoms with Crippen LogP contribution in [0, 0.1) is 0 Å². The van der Waals surface area contributed by atoms with Crippen molar-refractivity contribution in [2.75, 3.05) is 5.75 Å². The minimum Gasteiger partial charge on any atom is -0.294 e. The average molecular weight is 244 g/mol. The summed E-state index contributed by atoms with van der Waals surface area (Å²) in [4.78, 5) is 10.8. The fraction of sp³-hybridized carbons (Fsp3) is 0.750. The van der Waals surface area contributed by atoms with Gasteiger partial charge in [-0.2, -0.15) is 0 Å². The van der Waals surface area contributed by atoms with Gasteiger partial charge in [0.25, 0.3) is 0 Å². The van der Waals surface area contributed by atoms with Crippen molar-refractivity contribution in [1.82, 2.24) is 25.6 Å². The molecular weight excluding hydrogens is 228 g/mol. The molecule has 0 unspecified atom stereocenters. The van der Waals surface area contributed by atoms with E-state index in [-0.39, 0.29) is 5.91 Å². The highest BCUT2D eigenvalue weighted by Crippen LogP contribution is 2.15. The summed E-state index contributed by atoms with van der Waals surface area (Å²) >= 11 is 1.62. The number of nitrogens with two attached hydrogens (primary N) is 1. The zero-order chi connectivity index (χ0) is 11.8.